The molecule has 2 unspecified atom stereocenters. The molecule has 0 bridgehead atoms. The van der Waals surface area contributed by atoms with E-state index in [0.29, 0.717) is 25.9 Å². The fourth-order valence-electron chi connectivity index (χ4n) is 2.75. The Kier molecular flexibility index (Phi) is 4.25. The fourth-order valence-corrected chi connectivity index (χ4v) is 6.37. The Balaban J connectivity index is 1.78. The lowest BCUT2D eigenvalue weighted by atomic mass is 10.0. The molecular formula is C11H22N2O4S2. The molecule has 0 aromatic heterocycles. The molecule has 2 fully saturated rings. The highest BCUT2D eigenvalue weighted by Gasteiger charge is 2.37. The van der Waals surface area contributed by atoms with Crippen molar-refractivity contribution in [1.82, 2.24) is 10.6 Å². The quantitative estimate of drug-likeness (QED) is 0.687. The van der Waals surface area contributed by atoms with E-state index in [1.165, 1.54) is 0 Å². The van der Waals surface area contributed by atoms with Crippen molar-refractivity contribution in [1.29, 1.82) is 0 Å². The van der Waals surface area contributed by atoms with Gasteiger partial charge in [0.1, 0.15) is 0 Å². The van der Waals surface area contributed by atoms with Crippen molar-refractivity contribution in [3.8, 4) is 0 Å². The molecule has 6 nitrogen and oxygen atoms in total. The van der Waals surface area contributed by atoms with E-state index in [0.717, 1.165) is 0 Å². The molecule has 0 aliphatic carbocycles. The van der Waals surface area contributed by atoms with Gasteiger partial charge in [-0.15, -0.1) is 0 Å². The molecule has 0 spiro atoms. The van der Waals surface area contributed by atoms with Crippen LogP contribution in [0.15, 0.2) is 0 Å². The SMILES string of the molecule is CC1(NCCC2CS(=O)(=O)CCN2)CCS(=O)(=O)C1. The molecule has 2 heterocycles. The van der Waals surface area contributed by atoms with Crippen LogP contribution in [0.5, 0.6) is 0 Å². The lowest BCUT2D eigenvalue weighted by molar-refractivity contribution is 0.376. The highest BCUT2D eigenvalue weighted by atomic mass is 32.2. The Hall–Kier alpha value is -0.180. The van der Waals surface area contributed by atoms with Crippen LogP contribution in [0.2, 0.25) is 0 Å². The lowest BCUT2D eigenvalue weighted by Crippen LogP contribution is -2.49. The van der Waals surface area contributed by atoms with Gasteiger partial charge in [0, 0.05) is 18.1 Å². The first-order valence-corrected chi connectivity index (χ1v) is 10.2. The first-order chi connectivity index (χ1) is 8.70. The van der Waals surface area contributed by atoms with Crippen LogP contribution in [-0.4, -0.2) is 64.5 Å². The largest absolute Gasteiger partial charge is 0.312 e. The fraction of sp³-hybridized carbons (Fsp3) is 1.00. The van der Waals surface area contributed by atoms with E-state index in [2.05, 4.69) is 10.6 Å². The number of hydrogen-bond donors (Lipinski definition) is 2. The van der Waals surface area contributed by atoms with Gasteiger partial charge in [0.2, 0.25) is 0 Å². The first kappa shape index (κ1) is 15.2. The Morgan fingerprint density at radius 3 is 2.53 bits per heavy atom. The topological polar surface area (TPSA) is 92.3 Å². The maximum Gasteiger partial charge on any atom is 0.153 e. The van der Waals surface area contributed by atoms with Crippen LogP contribution in [-0.2, 0) is 19.7 Å². The molecule has 2 atom stereocenters. The van der Waals surface area contributed by atoms with Gasteiger partial charge in [0.05, 0.1) is 23.0 Å². The molecule has 19 heavy (non-hydrogen) atoms. The normalized spacial score (nSPS) is 37.2. The summed E-state index contributed by atoms with van der Waals surface area (Å²) in [5.41, 5.74) is -0.355. The summed E-state index contributed by atoms with van der Waals surface area (Å²) >= 11 is 0. The van der Waals surface area contributed by atoms with Gasteiger partial charge >= 0.3 is 0 Å². The van der Waals surface area contributed by atoms with E-state index in [4.69, 9.17) is 0 Å². The summed E-state index contributed by atoms with van der Waals surface area (Å²) in [6.07, 6.45) is 1.33. The zero-order valence-electron chi connectivity index (χ0n) is 11.2. The van der Waals surface area contributed by atoms with Gasteiger partial charge in [-0.25, -0.2) is 16.8 Å². The molecule has 2 saturated heterocycles. The van der Waals surface area contributed by atoms with E-state index < -0.39 is 19.7 Å². The number of nitrogens with one attached hydrogen (secondary N) is 2. The average molecular weight is 310 g/mol. The second kappa shape index (κ2) is 5.31. The van der Waals surface area contributed by atoms with Crippen LogP contribution in [0.4, 0.5) is 0 Å². The molecular weight excluding hydrogens is 288 g/mol. The van der Waals surface area contributed by atoms with Crippen molar-refractivity contribution >= 4 is 19.7 Å². The molecule has 0 aromatic rings. The van der Waals surface area contributed by atoms with Crippen molar-refractivity contribution < 1.29 is 16.8 Å². The summed E-state index contributed by atoms with van der Waals surface area (Å²) in [5.74, 6) is 0.819. The molecule has 2 N–H and O–H groups in total. The monoisotopic (exact) mass is 310 g/mol. The Bertz CT molecular complexity index is 529. The van der Waals surface area contributed by atoms with Gasteiger partial charge in [-0.3, -0.25) is 0 Å². The van der Waals surface area contributed by atoms with Gasteiger partial charge in [0.25, 0.3) is 0 Å². The molecule has 2 rings (SSSR count). The number of hydrogen-bond acceptors (Lipinski definition) is 6. The molecule has 0 amide bonds. The van der Waals surface area contributed by atoms with E-state index in [-0.39, 0.29) is 34.6 Å². The van der Waals surface area contributed by atoms with Gasteiger partial charge in [-0.1, -0.05) is 0 Å². The predicted molar refractivity (Wildman–Crippen MR) is 74.7 cm³/mol. The summed E-state index contributed by atoms with van der Waals surface area (Å²) in [5, 5.41) is 6.47. The van der Waals surface area contributed by atoms with Crippen LogP contribution in [0.3, 0.4) is 0 Å². The predicted octanol–water partition coefficient (Wildman–Crippen LogP) is -1.07. The summed E-state index contributed by atoms with van der Waals surface area (Å²) in [6.45, 7) is 3.07. The minimum absolute atomic E-state index is 0.0205. The number of rotatable bonds is 4. The van der Waals surface area contributed by atoms with Gasteiger partial charge in [-0.05, 0) is 26.3 Å². The van der Waals surface area contributed by atoms with Crippen LogP contribution < -0.4 is 10.6 Å². The van der Waals surface area contributed by atoms with E-state index in [1.807, 2.05) is 6.92 Å². The summed E-state index contributed by atoms with van der Waals surface area (Å²) < 4.78 is 45.9. The molecule has 2 aliphatic rings. The second-order valence-corrected chi connectivity index (χ2v) is 10.3. The zero-order valence-corrected chi connectivity index (χ0v) is 12.8. The Morgan fingerprint density at radius 1 is 1.21 bits per heavy atom. The summed E-state index contributed by atoms with van der Waals surface area (Å²) in [4.78, 5) is 0. The third-order valence-electron chi connectivity index (χ3n) is 3.85. The molecule has 0 saturated carbocycles. The Labute approximate surface area is 115 Å². The molecule has 2 aliphatic heterocycles. The molecule has 8 heteroatoms. The highest BCUT2D eigenvalue weighted by molar-refractivity contribution is 7.91. The maximum absolute atomic E-state index is 11.5. The summed E-state index contributed by atoms with van der Waals surface area (Å²) in [7, 11) is -5.80. The van der Waals surface area contributed by atoms with E-state index >= 15 is 0 Å². The number of sulfone groups is 2. The van der Waals surface area contributed by atoms with E-state index in [9.17, 15) is 16.8 Å². The molecule has 0 aromatic carbocycles. The minimum atomic E-state index is -2.90. The first-order valence-electron chi connectivity index (χ1n) is 6.59. The van der Waals surface area contributed by atoms with Crippen molar-refractivity contribution in [2.75, 3.05) is 36.1 Å². The third kappa shape index (κ3) is 4.40. The standard InChI is InChI=1S/C11H22N2O4S2/c1-11(3-6-19(16,17)9-11)13-4-2-10-8-18(14,15)7-5-12-10/h10,12-13H,2-9H2,1H3. The van der Waals surface area contributed by atoms with Crippen LogP contribution in [0, 0.1) is 0 Å². The van der Waals surface area contributed by atoms with Crippen molar-refractivity contribution in [3.05, 3.63) is 0 Å². The lowest BCUT2D eigenvalue weighted by Gasteiger charge is -2.27. The van der Waals surface area contributed by atoms with Crippen LogP contribution >= 0.6 is 0 Å². The van der Waals surface area contributed by atoms with Crippen LogP contribution in [0.1, 0.15) is 19.8 Å². The van der Waals surface area contributed by atoms with Crippen molar-refractivity contribution in [2.24, 2.45) is 0 Å². The third-order valence-corrected chi connectivity index (χ3v) is 7.49. The zero-order chi connectivity index (χ0) is 14.1. The average Bonchev–Trinajstić information content (AvgIpc) is 2.52. The van der Waals surface area contributed by atoms with Gasteiger partial charge in [0.15, 0.2) is 19.7 Å². The van der Waals surface area contributed by atoms with Crippen LogP contribution in [0.25, 0.3) is 0 Å². The molecule has 0 radical (unpaired) electrons. The molecule has 112 valence electrons. The smallest absolute Gasteiger partial charge is 0.153 e. The maximum atomic E-state index is 11.5. The Morgan fingerprint density at radius 2 is 1.95 bits per heavy atom. The van der Waals surface area contributed by atoms with Gasteiger partial charge < -0.3 is 10.6 Å². The van der Waals surface area contributed by atoms with Crippen molar-refractivity contribution in [3.63, 3.8) is 0 Å². The highest BCUT2D eigenvalue weighted by Crippen LogP contribution is 2.22. The summed E-state index contributed by atoms with van der Waals surface area (Å²) in [6, 6.07) is -0.0205. The second-order valence-electron chi connectivity index (χ2n) is 5.88. The van der Waals surface area contributed by atoms with E-state index in [1.54, 1.807) is 0 Å². The minimum Gasteiger partial charge on any atom is -0.312 e. The van der Waals surface area contributed by atoms with Gasteiger partial charge in [-0.2, -0.15) is 0 Å². The van der Waals surface area contributed by atoms with Crippen molar-refractivity contribution in [2.45, 2.75) is 31.3 Å².